The van der Waals surface area contributed by atoms with Gasteiger partial charge in [-0.3, -0.25) is 0 Å². The lowest BCUT2D eigenvalue weighted by Crippen LogP contribution is -2.55. The number of carbonyl (C=O) groups excluding carboxylic acids is 2. The zero-order chi connectivity index (χ0) is 28.0. The van der Waals surface area contributed by atoms with Gasteiger partial charge in [0.2, 0.25) is 0 Å². The van der Waals surface area contributed by atoms with E-state index in [1.54, 1.807) is 49.9 Å². The summed E-state index contributed by atoms with van der Waals surface area (Å²) in [7, 11) is 0. The number of halogens is 2. The maximum Gasteiger partial charge on any atom is 0.410 e. The van der Waals surface area contributed by atoms with Crippen LogP contribution in [-0.2, 0) is 16.1 Å². The molecule has 206 valence electrons. The molecule has 2 atom stereocenters. The Labute approximate surface area is 227 Å². The smallest absolute Gasteiger partial charge is 0.410 e. The molecule has 0 spiro atoms. The Morgan fingerprint density at radius 2 is 1.49 bits per heavy atom. The molecule has 8 heteroatoms. The maximum absolute atomic E-state index is 13.9. The molecule has 0 bridgehead atoms. The van der Waals surface area contributed by atoms with Crippen LogP contribution in [0, 0.1) is 17.6 Å². The van der Waals surface area contributed by atoms with E-state index in [1.807, 2.05) is 30.3 Å². The summed E-state index contributed by atoms with van der Waals surface area (Å²) in [5, 5.41) is 3.00. The molecule has 6 nitrogen and oxygen atoms in total. The average Bonchev–Trinajstić information content (AvgIpc) is 2.90. The van der Waals surface area contributed by atoms with Crippen LogP contribution >= 0.6 is 0 Å². The van der Waals surface area contributed by atoms with Crippen molar-refractivity contribution in [2.24, 2.45) is 5.92 Å². The third kappa shape index (κ3) is 7.78. The number of benzene rings is 3. The summed E-state index contributed by atoms with van der Waals surface area (Å²) in [6.45, 7) is 6.16. The first-order valence-corrected chi connectivity index (χ1v) is 13.0. The van der Waals surface area contributed by atoms with Crippen LogP contribution in [0.25, 0.3) is 0 Å². The van der Waals surface area contributed by atoms with Gasteiger partial charge in [-0.2, -0.15) is 0 Å². The van der Waals surface area contributed by atoms with Gasteiger partial charge in [-0.25, -0.2) is 18.4 Å². The molecule has 0 unspecified atom stereocenters. The van der Waals surface area contributed by atoms with Crippen LogP contribution < -0.4 is 5.32 Å². The van der Waals surface area contributed by atoms with Crippen molar-refractivity contribution in [1.29, 1.82) is 0 Å². The molecule has 0 aliphatic carbocycles. The second kappa shape index (κ2) is 12.3. The molecular formula is C31H34F2N2O4. The highest BCUT2D eigenvalue weighted by molar-refractivity contribution is 5.69. The van der Waals surface area contributed by atoms with Crippen LogP contribution in [0.4, 0.5) is 18.4 Å². The van der Waals surface area contributed by atoms with Crippen LogP contribution in [0.5, 0.6) is 0 Å². The van der Waals surface area contributed by atoms with E-state index in [-0.39, 0.29) is 42.7 Å². The number of carbonyl (C=O) groups is 2. The molecule has 1 N–H and O–H groups in total. The number of nitrogens with zero attached hydrogens (tertiary/aromatic N) is 1. The number of rotatable bonds is 6. The molecule has 39 heavy (non-hydrogen) atoms. The fourth-order valence-corrected chi connectivity index (χ4v) is 4.93. The normalized spacial score (nSPS) is 17.5. The Balaban J connectivity index is 1.63. The van der Waals surface area contributed by atoms with E-state index in [9.17, 15) is 18.4 Å². The Kier molecular flexibility index (Phi) is 8.84. The second-order valence-electron chi connectivity index (χ2n) is 10.8. The Morgan fingerprint density at radius 3 is 2.03 bits per heavy atom. The van der Waals surface area contributed by atoms with Crippen molar-refractivity contribution in [1.82, 2.24) is 10.2 Å². The zero-order valence-corrected chi connectivity index (χ0v) is 22.4. The minimum absolute atomic E-state index is 0.118. The van der Waals surface area contributed by atoms with Crippen molar-refractivity contribution < 1.29 is 27.8 Å². The summed E-state index contributed by atoms with van der Waals surface area (Å²) < 4.78 is 38.8. The van der Waals surface area contributed by atoms with Crippen LogP contribution in [-0.4, -0.2) is 41.8 Å². The minimum atomic E-state index is -0.670. The fraction of sp³-hybridized carbons (Fsp3) is 0.355. The van der Waals surface area contributed by atoms with Gasteiger partial charge >= 0.3 is 12.2 Å². The predicted molar refractivity (Wildman–Crippen MR) is 144 cm³/mol. The number of likely N-dealkylation sites (tertiary alicyclic amines) is 1. The van der Waals surface area contributed by atoms with Crippen LogP contribution in [0.15, 0.2) is 78.9 Å². The zero-order valence-electron chi connectivity index (χ0n) is 22.4. The summed E-state index contributed by atoms with van der Waals surface area (Å²) >= 11 is 0. The molecule has 3 aromatic rings. The lowest BCUT2D eigenvalue weighted by Gasteiger charge is -2.43. The van der Waals surface area contributed by atoms with Gasteiger partial charge < -0.3 is 19.7 Å². The summed E-state index contributed by atoms with van der Waals surface area (Å²) in [5.74, 6) is -1.48. The number of alkyl carbamates (subject to hydrolysis) is 1. The second-order valence-corrected chi connectivity index (χ2v) is 10.8. The number of piperidine rings is 1. The third-order valence-electron chi connectivity index (χ3n) is 6.71. The highest BCUT2D eigenvalue weighted by atomic mass is 19.1. The quantitative estimate of drug-likeness (QED) is 0.383. The van der Waals surface area contributed by atoms with E-state index in [0.29, 0.717) is 13.0 Å². The molecule has 1 fully saturated rings. The van der Waals surface area contributed by atoms with E-state index < -0.39 is 17.8 Å². The first-order chi connectivity index (χ1) is 18.6. The fourth-order valence-electron chi connectivity index (χ4n) is 4.93. The van der Waals surface area contributed by atoms with Gasteiger partial charge in [0.05, 0.1) is 0 Å². The summed E-state index contributed by atoms with van der Waals surface area (Å²) in [6, 6.07) is 21.2. The molecule has 2 amide bonds. The average molecular weight is 537 g/mol. The Bertz CT molecular complexity index is 1200. The van der Waals surface area contributed by atoms with E-state index in [2.05, 4.69) is 5.32 Å². The monoisotopic (exact) mass is 536 g/mol. The predicted octanol–water partition coefficient (Wildman–Crippen LogP) is 6.65. The Morgan fingerprint density at radius 1 is 0.923 bits per heavy atom. The van der Waals surface area contributed by atoms with Gasteiger partial charge in [-0.15, -0.1) is 0 Å². The van der Waals surface area contributed by atoms with Crippen molar-refractivity contribution >= 4 is 12.2 Å². The van der Waals surface area contributed by atoms with Crippen LogP contribution in [0.2, 0.25) is 0 Å². The lowest BCUT2D eigenvalue weighted by molar-refractivity contribution is 0.0119. The molecule has 0 saturated carbocycles. The highest BCUT2D eigenvalue weighted by Crippen LogP contribution is 2.38. The van der Waals surface area contributed by atoms with E-state index in [4.69, 9.17) is 9.47 Å². The van der Waals surface area contributed by atoms with E-state index in [0.717, 1.165) is 16.7 Å². The maximum atomic E-state index is 13.9. The first-order valence-electron chi connectivity index (χ1n) is 13.0. The van der Waals surface area contributed by atoms with E-state index in [1.165, 1.54) is 24.3 Å². The van der Waals surface area contributed by atoms with E-state index >= 15 is 0 Å². The van der Waals surface area contributed by atoms with Crippen molar-refractivity contribution in [2.75, 3.05) is 13.1 Å². The summed E-state index contributed by atoms with van der Waals surface area (Å²) in [6.07, 6.45) is -0.574. The molecule has 4 rings (SSSR count). The van der Waals surface area contributed by atoms with Gasteiger partial charge in [0.15, 0.2) is 0 Å². The van der Waals surface area contributed by atoms with Gasteiger partial charge in [-0.1, -0.05) is 54.6 Å². The third-order valence-corrected chi connectivity index (χ3v) is 6.71. The molecule has 1 aliphatic heterocycles. The SMILES string of the molecule is CC(C)(C)OC(=O)N1CC[C@@H](NC(=O)OCc2ccccc2)[C@@H](C(c2ccc(F)cc2)c2ccc(F)cc2)C1. The number of nitrogens with one attached hydrogen (secondary N) is 1. The summed E-state index contributed by atoms with van der Waals surface area (Å²) in [4.78, 5) is 27.5. The molecule has 0 aromatic heterocycles. The van der Waals surface area contributed by atoms with Crippen molar-refractivity contribution in [2.45, 2.75) is 51.4 Å². The molecule has 1 heterocycles. The van der Waals surface area contributed by atoms with Gasteiger partial charge in [-0.05, 0) is 68.1 Å². The number of ether oxygens (including phenoxy) is 2. The number of amides is 2. The van der Waals surface area contributed by atoms with Crippen molar-refractivity contribution in [3.05, 3.63) is 107 Å². The van der Waals surface area contributed by atoms with Gasteiger partial charge in [0.1, 0.15) is 23.8 Å². The minimum Gasteiger partial charge on any atom is -0.445 e. The summed E-state index contributed by atoms with van der Waals surface area (Å²) in [5.41, 5.74) is 1.75. The molecule has 1 aliphatic rings. The number of hydrogen-bond acceptors (Lipinski definition) is 4. The van der Waals surface area contributed by atoms with Crippen LogP contribution in [0.1, 0.15) is 49.8 Å². The van der Waals surface area contributed by atoms with Crippen molar-refractivity contribution in [3.63, 3.8) is 0 Å². The standard InChI is InChI=1S/C31H34F2N2O4/c1-31(2,3)39-30(37)35-18-17-27(34-29(36)38-20-21-7-5-4-6-8-21)26(19-35)28(22-9-13-24(32)14-10-22)23-11-15-25(33)16-12-23/h4-16,26-28H,17-20H2,1-3H3,(H,34,36)/t26-,27+/m0/s1. The first kappa shape index (κ1) is 28.1. The topological polar surface area (TPSA) is 67.9 Å². The molecule has 0 radical (unpaired) electrons. The van der Waals surface area contributed by atoms with Gasteiger partial charge in [0.25, 0.3) is 0 Å². The lowest BCUT2D eigenvalue weighted by atomic mass is 9.74. The molecule has 1 saturated heterocycles. The molecular weight excluding hydrogens is 502 g/mol. The van der Waals surface area contributed by atoms with Crippen molar-refractivity contribution in [3.8, 4) is 0 Å². The highest BCUT2D eigenvalue weighted by Gasteiger charge is 2.40. The molecule has 3 aromatic carbocycles. The Hall–Kier alpha value is -3.94. The van der Waals surface area contributed by atoms with Gasteiger partial charge in [0, 0.05) is 31.0 Å². The van der Waals surface area contributed by atoms with Crippen LogP contribution in [0.3, 0.4) is 0 Å². The number of hydrogen-bond donors (Lipinski definition) is 1. The largest absolute Gasteiger partial charge is 0.445 e.